The molecule has 0 aliphatic rings. The number of ether oxygens (including phenoxy) is 3. The number of halogens is 1. The maximum atomic E-state index is 13.1. The molecular weight excluding hydrogens is 381 g/mol. The molecule has 0 spiro atoms. The Hall–Kier alpha value is -3.62. The van der Waals surface area contributed by atoms with E-state index in [-0.39, 0.29) is 11.7 Å². The highest BCUT2D eigenvalue weighted by molar-refractivity contribution is 5.95. The Morgan fingerprint density at radius 3 is 2.24 bits per heavy atom. The predicted molar refractivity (Wildman–Crippen MR) is 102 cm³/mol. The minimum atomic E-state index is -0.566. The molecule has 2 aromatic carbocycles. The van der Waals surface area contributed by atoms with Gasteiger partial charge in [0.2, 0.25) is 17.5 Å². The normalized spacial score (nSPS) is 11.6. The molecule has 1 heterocycles. The van der Waals surface area contributed by atoms with Crippen LogP contribution in [0.5, 0.6) is 17.2 Å². The lowest BCUT2D eigenvalue weighted by Crippen LogP contribution is -2.27. The molecule has 1 atom stereocenters. The first-order valence-corrected chi connectivity index (χ1v) is 8.67. The Morgan fingerprint density at radius 1 is 1.07 bits per heavy atom. The second-order valence-electron chi connectivity index (χ2n) is 6.07. The van der Waals surface area contributed by atoms with Crippen molar-refractivity contribution in [3.8, 4) is 28.6 Å². The van der Waals surface area contributed by atoms with E-state index in [1.807, 2.05) is 0 Å². The summed E-state index contributed by atoms with van der Waals surface area (Å²) in [6, 6.07) is 8.22. The second-order valence-corrected chi connectivity index (χ2v) is 6.07. The van der Waals surface area contributed by atoms with Gasteiger partial charge in [0.05, 0.1) is 21.3 Å². The van der Waals surface area contributed by atoms with Crippen molar-refractivity contribution < 1.29 is 27.9 Å². The van der Waals surface area contributed by atoms with E-state index in [1.54, 1.807) is 31.2 Å². The smallest absolute Gasteiger partial charge is 0.252 e. The maximum Gasteiger partial charge on any atom is 0.252 e. The van der Waals surface area contributed by atoms with Crippen LogP contribution in [0.4, 0.5) is 4.39 Å². The molecule has 0 saturated heterocycles. The molecule has 0 aliphatic heterocycles. The van der Waals surface area contributed by atoms with Gasteiger partial charge in [-0.25, -0.2) is 4.39 Å². The number of hydrogen-bond acceptors (Lipinski definition) is 7. The van der Waals surface area contributed by atoms with Gasteiger partial charge in [0.1, 0.15) is 11.9 Å². The number of nitrogens with zero attached hydrogens (tertiary/aromatic N) is 2. The van der Waals surface area contributed by atoms with Gasteiger partial charge in [0.15, 0.2) is 11.5 Å². The molecule has 1 unspecified atom stereocenters. The molecular formula is C20H20FN3O5. The van der Waals surface area contributed by atoms with Crippen LogP contribution in [0.1, 0.15) is 29.2 Å². The van der Waals surface area contributed by atoms with Crippen LogP contribution in [-0.2, 0) is 0 Å². The number of carbonyl (C=O) groups is 1. The van der Waals surface area contributed by atoms with E-state index in [2.05, 4.69) is 15.5 Å². The molecule has 0 saturated carbocycles. The van der Waals surface area contributed by atoms with Crippen molar-refractivity contribution in [3.63, 3.8) is 0 Å². The minimum absolute atomic E-state index is 0.213. The van der Waals surface area contributed by atoms with Gasteiger partial charge in [0, 0.05) is 11.1 Å². The van der Waals surface area contributed by atoms with Crippen LogP contribution in [0.15, 0.2) is 40.9 Å². The van der Waals surface area contributed by atoms with Crippen molar-refractivity contribution in [2.24, 2.45) is 0 Å². The van der Waals surface area contributed by atoms with Crippen LogP contribution < -0.4 is 19.5 Å². The van der Waals surface area contributed by atoms with Gasteiger partial charge in [0.25, 0.3) is 5.91 Å². The van der Waals surface area contributed by atoms with Gasteiger partial charge < -0.3 is 24.1 Å². The van der Waals surface area contributed by atoms with Gasteiger partial charge in [-0.15, -0.1) is 0 Å². The van der Waals surface area contributed by atoms with E-state index >= 15 is 0 Å². The number of rotatable bonds is 7. The minimum Gasteiger partial charge on any atom is -0.493 e. The summed E-state index contributed by atoms with van der Waals surface area (Å²) in [5, 5.41) is 6.66. The van der Waals surface area contributed by atoms with Crippen LogP contribution in [-0.4, -0.2) is 37.4 Å². The van der Waals surface area contributed by atoms with Crippen molar-refractivity contribution >= 4 is 5.91 Å². The molecule has 1 amide bonds. The first kappa shape index (κ1) is 20.1. The summed E-state index contributed by atoms with van der Waals surface area (Å²) in [6.07, 6.45) is 0. The zero-order chi connectivity index (χ0) is 21.0. The van der Waals surface area contributed by atoms with E-state index in [4.69, 9.17) is 18.7 Å². The zero-order valence-electron chi connectivity index (χ0n) is 16.4. The number of amides is 1. The third kappa shape index (κ3) is 4.29. The zero-order valence-corrected chi connectivity index (χ0v) is 16.4. The van der Waals surface area contributed by atoms with Gasteiger partial charge in [-0.2, -0.15) is 4.98 Å². The number of carbonyl (C=O) groups excluding carboxylic acids is 1. The fourth-order valence-corrected chi connectivity index (χ4v) is 2.68. The second kappa shape index (κ2) is 8.59. The van der Waals surface area contributed by atoms with Crippen LogP contribution in [0, 0.1) is 5.82 Å². The number of hydrogen-bond donors (Lipinski definition) is 1. The summed E-state index contributed by atoms with van der Waals surface area (Å²) < 4.78 is 34.1. The molecule has 1 aromatic heterocycles. The lowest BCUT2D eigenvalue weighted by Gasteiger charge is -2.15. The van der Waals surface area contributed by atoms with Crippen molar-refractivity contribution in [2.45, 2.75) is 13.0 Å². The third-order valence-corrected chi connectivity index (χ3v) is 4.19. The Balaban J connectivity index is 1.78. The fraction of sp³-hybridized carbons (Fsp3) is 0.250. The summed E-state index contributed by atoms with van der Waals surface area (Å²) in [5.41, 5.74) is 0.911. The molecule has 29 heavy (non-hydrogen) atoms. The van der Waals surface area contributed by atoms with Gasteiger partial charge in [-0.1, -0.05) is 5.16 Å². The van der Waals surface area contributed by atoms with Crippen LogP contribution in [0.3, 0.4) is 0 Å². The summed E-state index contributed by atoms with van der Waals surface area (Å²) in [4.78, 5) is 17.0. The number of methoxy groups -OCH3 is 3. The molecule has 3 rings (SSSR count). The average molecular weight is 401 g/mol. The summed E-state index contributed by atoms with van der Waals surface area (Å²) in [6.45, 7) is 1.71. The number of benzene rings is 2. The molecule has 3 aromatic rings. The predicted octanol–water partition coefficient (Wildman–Crippen LogP) is 3.39. The maximum absolute atomic E-state index is 13.1. The quantitative estimate of drug-likeness (QED) is 0.648. The molecule has 8 nitrogen and oxygen atoms in total. The number of nitrogens with one attached hydrogen (secondary N) is 1. The van der Waals surface area contributed by atoms with Crippen molar-refractivity contribution in [1.82, 2.24) is 15.5 Å². The highest BCUT2D eigenvalue weighted by Crippen LogP contribution is 2.38. The van der Waals surface area contributed by atoms with E-state index in [9.17, 15) is 9.18 Å². The van der Waals surface area contributed by atoms with Crippen molar-refractivity contribution in [3.05, 3.63) is 53.7 Å². The number of aromatic nitrogens is 2. The standard InChI is InChI=1S/C20H20FN3O5/c1-11(20-23-18(24-29-20)12-5-7-14(21)8-6-12)22-19(25)13-9-15(26-2)17(28-4)16(10-13)27-3/h5-11H,1-4H3,(H,22,25). The SMILES string of the molecule is COc1cc(C(=O)NC(C)c2nc(-c3ccc(F)cc3)no2)cc(OC)c1OC. The van der Waals surface area contributed by atoms with E-state index in [0.717, 1.165) is 0 Å². The highest BCUT2D eigenvalue weighted by atomic mass is 19.1. The van der Waals surface area contributed by atoms with Gasteiger partial charge in [-0.05, 0) is 43.3 Å². The molecule has 1 N–H and O–H groups in total. The molecule has 0 fully saturated rings. The van der Waals surface area contributed by atoms with Crippen LogP contribution in [0.25, 0.3) is 11.4 Å². The fourth-order valence-electron chi connectivity index (χ4n) is 2.68. The van der Waals surface area contributed by atoms with Crippen LogP contribution >= 0.6 is 0 Å². The van der Waals surface area contributed by atoms with E-state index in [1.165, 1.54) is 33.5 Å². The third-order valence-electron chi connectivity index (χ3n) is 4.19. The van der Waals surface area contributed by atoms with Crippen molar-refractivity contribution in [2.75, 3.05) is 21.3 Å². The topological polar surface area (TPSA) is 95.7 Å². The van der Waals surface area contributed by atoms with E-state index < -0.39 is 11.9 Å². The van der Waals surface area contributed by atoms with Crippen molar-refractivity contribution in [1.29, 1.82) is 0 Å². The molecule has 0 aliphatic carbocycles. The molecule has 9 heteroatoms. The molecule has 0 radical (unpaired) electrons. The largest absolute Gasteiger partial charge is 0.493 e. The van der Waals surface area contributed by atoms with Gasteiger partial charge in [-0.3, -0.25) is 4.79 Å². The summed E-state index contributed by atoms with van der Waals surface area (Å²) in [7, 11) is 4.42. The lowest BCUT2D eigenvalue weighted by molar-refractivity contribution is 0.0931. The monoisotopic (exact) mass is 401 g/mol. The summed E-state index contributed by atoms with van der Waals surface area (Å²) >= 11 is 0. The molecule has 0 bridgehead atoms. The highest BCUT2D eigenvalue weighted by Gasteiger charge is 2.21. The Labute approximate surface area is 166 Å². The Kier molecular flexibility index (Phi) is 5.96. The van der Waals surface area contributed by atoms with E-state index in [0.29, 0.717) is 34.2 Å². The first-order chi connectivity index (χ1) is 14.0. The summed E-state index contributed by atoms with van der Waals surface area (Å²) in [5.74, 6) is 0.878. The first-order valence-electron chi connectivity index (χ1n) is 8.67. The average Bonchev–Trinajstić information content (AvgIpc) is 3.23. The van der Waals surface area contributed by atoms with Crippen LogP contribution in [0.2, 0.25) is 0 Å². The lowest BCUT2D eigenvalue weighted by atomic mass is 10.1. The van der Waals surface area contributed by atoms with Gasteiger partial charge >= 0.3 is 0 Å². The Morgan fingerprint density at radius 2 is 1.69 bits per heavy atom. The Bertz CT molecular complexity index is 979. The molecule has 152 valence electrons.